The van der Waals surface area contributed by atoms with Gasteiger partial charge in [0.25, 0.3) is 0 Å². The van der Waals surface area contributed by atoms with Crippen LogP contribution in [0.25, 0.3) is 11.4 Å². The number of aromatic nitrogens is 6. The Labute approximate surface area is 202 Å². The summed E-state index contributed by atoms with van der Waals surface area (Å²) in [6.07, 6.45) is 7.90. The van der Waals surface area contributed by atoms with Gasteiger partial charge in [-0.1, -0.05) is 60.7 Å². The molecule has 0 unspecified atom stereocenters. The third kappa shape index (κ3) is 2.13. The highest BCUT2D eigenvalue weighted by molar-refractivity contribution is 5.34. The van der Waals surface area contributed by atoms with Gasteiger partial charge in [-0.15, -0.1) is 0 Å². The molecular formula is C26H20N6O4. The Balaban J connectivity index is 1.23. The van der Waals surface area contributed by atoms with Gasteiger partial charge in [0.15, 0.2) is 0 Å². The Morgan fingerprint density at radius 3 is 0.972 bits per heavy atom. The highest BCUT2D eigenvalue weighted by atomic mass is 16.2. The second-order valence-corrected chi connectivity index (χ2v) is 9.74. The predicted octanol–water partition coefficient (Wildman–Crippen LogP) is 1.18. The lowest BCUT2D eigenvalue weighted by Crippen LogP contribution is -2.36. The summed E-state index contributed by atoms with van der Waals surface area (Å²) in [5, 5.41) is 0. The molecule has 4 aliphatic rings. The van der Waals surface area contributed by atoms with E-state index in [0.717, 1.165) is 0 Å². The van der Waals surface area contributed by atoms with Gasteiger partial charge >= 0.3 is 22.8 Å². The molecule has 2 aliphatic carbocycles. The Hall–Kier alpha value is -4.60. The lowest BCUT2D eigenvalue weighted by atomic mass is 9.80. The average molecular weight is 480 g/mol. The van der Waals surface area contributed by atoms with Crippen LogP contribution < -0.4 is 22.8 Å². The third-order valence-corrected chi connectivity index (χ3v) is 8.20. The standard InChI is InChI=1S/C26H20N6O4/c33-23-27(15-7-3-1-4-8-15)24(34)30-18-12-11-17(29(23)30)21(18)22-19-13-14-20(22)32-26(36)28(25(35)31(19)32)16-9-5-2-6-10-16/h1-14,17-22H/t17-,18-,19-,20-/m0/s1. The van der Waals surface area contributed by atoms with Crippen LogP contribution in [0.1, 0.15) is 24.2 Å². The first-order chi connectivity index (χ1) is 17.6. The van der Waals surface area contributed by atoms with E-state index in [1.165, 1.54) is 9.13 Å². The molecule has 0 spiro atoms. The molecule has 4 heterocycles. The van der Waals surface area contributed by atoms with Gasteiger partial charge in [-0.25, -0.2) is 47.0 Å². The Kier molecular flexibility index (Phi) is 3.57. The van der Waals surface area contributed by atoms with Gasteiger partial charge < -0.3 is 0 Å². The fourth-order valence-electron chi connectivity index (χ4n) is 6.88. The van der Waals surface area contributed by atoms with Crippen molar-refractivity contribution in [1.29, 1.82) is 0 Å². The molecule has 2 aromatic heterocycles. The van der Waals surface area contributed by atoms with Crippen molar-refractivity contribution in [2.45, 2.75) is 24.2 Å². The molecule has 0 radical (unpaired) electrons. The van der Waals surface area contributed by atoms with Crippen LogP contribution in [0.15, 0.2) is 104 Å². The first-order valence-electron chi connectivity index (χ1n) is 12.0. The van der Waals surface area contributed by atoms with Crippen LogP contribution in [0.5, 0.6) is 0 Å². The molecule has 0 saturated heterocycles. The van der Waals surface area contributed by atoms with E-state index in [1.807, 2.05) is 36.4 Å². The maximum absolute atomic E-state index is 13.4. The first-order valence-corrected chi connectivity index (χ1v) is 12.0. The SMILES string of the molecule is O=c1n(-c2ccccc2)c(=O)n2n1[C@H]1C=C[C@H]2C1C1[C@@H]2C=C[C@@H]1n1c(=O)n(-c3ccccc3)c(=O)n12. The Morgan fingerprint density at radius 1 is 0.417 bits per heavy atom. The summed E-state index contributed by atoms with van der Waals surface area (Å²) in [6.45, 7) is 0. The number of nitrogens with zero attached hydrogens (tertiary/aromatic N) is 6. The largest absolute Gasteiger partial charge is 0.352 e. The molecular weight excluding hydrogens is 460 g/mol. The minimum atomic E-state index is -0.380. The van der Waals surface area contributed by atoms with Crippen molar-refractivity contribution in [2.75, 3.05) is 0 Å². The minimum Gasteiger partial charge on any atom is -0.245 e. The zero-order chi connectivity index (χ0) is 24.3. The fraction of sp³-hybridized carbons (Fsp3) is 0.231. The van der Waals surface area contributed by atoms with Crippen molar-refractivity contribution in [3.63, 3.8) is 0 Å². The van der Waals surface area contributed by atoms with Crippen LogP contribution in [0.2, 0.25) is 0 Å². The van der Waals surface area contributed by atoms with Crippen LogP contribution in [0.4, 0.5) is 0 Å². The second-order valence-electron chi connectivity index (χ2n) is 9.74. The predicted molar refractivity (Wildman–Crippen MR) is 130 cm³/mol. The van der Waals surface area contributed by atoms with Gasteiger partial charge in [0, 0.05) is 11.8 Å². The van der Waals surface area contributed by atoms with Gasteiger partial charge in [-0.2, -0.15) is 0 Å². The van der Waals surface area contributed by atoms with Crippen molar-refractivity contribution >= 4 is 0 Å². The lowest BCUT2D eigenvalue weighted by Gasteiger charge is -2.25. The number of hydrogen-bond donors (Lipinski definition) is 0. The number of hydrogen-bond acceptors (Lipinski definition) is 4. The summed E-state index contributed by atoms with van der Waals surface area (Å²) >= 11 is 0. The van der Waals surface area contributed by atoms with E-state index in [2.05, 4.69) is 0 Å². The van der Waals surface area contributed by atoms with Crippen LogP contribution >= 0.6 is 0 Å². The molecule has 10 heteroatoms. The molecule has 10 nitrogen and oxygen atoms in total. The van der Waals surface area contributed by atoms with Crippen molar-refractivity contribution in [2.24, 2.45) is 11.8 Å². The molecule has 4 atom stereocenters. The quantitative estimate of drug-likeness (QED) is 0.411. The summed E-state index contributed by atoms with van der Waals surface area (Å²) in [5.41, 5.74) is -0.456. The topological polar surface area (TPSA) is 97.9 Å². The smallest absolute Gasteiger partial charge is 0.245 e. The minimum absolute atomic E-state index is 0.128. The van der Waals surface area contributed by atoms with Crippen LogP contribution in [0.3, 0.4) is 0 Å². The van der Waals surface area contributed by atoms with Crippen molar-refractivity contribution in [3.05, 3.63) is 127 Å². The van der Waals surface area contributed by atoms with E-state index in [-0.39, 0.29) is 58.8 Å². The number of allylic oxidation sites excluding steroid dienone is 4. The fourth-order valence-corrected chi connectivity index (χ4v) is 6.88. The van der Waals surface area contributed by atoms with E-state index in [9.17, 15) is 19.2 Å². The number of para-hydroxylation sites is 2. The van der Waals surface area contributed by atoms with Crippen molar-refractivity contribution in [1.82, 2.24) is 27.9 Å². The zero-order valence-corrected chi connectivity index (χ0v) is 18.9. The summed E-state index contributed by atoms with van der Waals surface area (Å²) in [5.74, 6) is -0.255. The average Bonchev–Trinajstić information content (AvgIpc) is 3.71. The lowest BCUT2D eigenvalue weighted by molar-refractivity contribution is 0.242. The molecule has 8 rings (SSSR count). The number of benzene rings is 2. The Morgan fingerprint density at radius 2 is 0.694 bits per heavy atom. The summed E-state index contributed by atoms with van der Waals surface area (Å²) in [6, 6.07) is 16.5. The van der Waals surface area contributed by atoms with Gasteiger partial charge in [-0.3, -0.25) is 0 Å². The van der Waals surface area contributed by atoms with Crippen LogP contribution in [-0.4, -0.2) is 27.9 Å². The van der Waals surface area contributed by atoms with Gasteiger partial charge in [0.05, 0.1) is 35.5 Å². The van der Waals surface area contributed by atoms with Gasteiger partial charge in [0.1, 0.15) is 0 Å². The maximum Gasteiger partial charge on any atom is 0.352 e. The molecule has 4 aromatic rings. The Bertz CT molecular complexity index is 1630. The van der Waals surface area contributed by atoms with Crippen LogP contribution in [-0.2, 0) is 0 Å². The highest BCUT2D eigenvalue weighted by Crippen LogP contribution is 2.57. The van der Waals surface area contributed by atoms with Gasteiger partial charge in [0.2, 0.25) is 0 Å². The maximum atomic E-state index is 13.4. The van der Waals surface area contributed by atoms with Gasteiger partial charge in [-0.05, 0) is 24.3 Å². The van der Waals surface area contributed by atoms with E-state index in [0.29, 0.717) is 11.4 Å². The molecule has 0 saturated carbocycles. The van der Waals surface area contributed by atoms with E-state index >= 15 is 0 Å². The normalized spacial score (nSPS) is 28.2. The van der Waals surface area contributed by atoms with Crippen LogP contribution in [0, 0.1) is 11.8 Å². The summed E-state index contributed by atoms with van der Waals surface area (Å²) < 4.78 is 8.59. The number of fused-ring (bicyclic) bond motifs is 11. The third-order valence-electron chi connectivity index (χ3n) is 8.20. The second kappa shape index (κ2) is 6.54. The highest BCUT2D eigenvalue weighted by Gasteiger charge is 2.58. The molecule has 2 aliphatic heterocycles. The first kappa shape index (κ1) is 19.7. The zero-order valence-electron chi connectivity index (χ0n) is 18.9. The van der Waals surface area contributed by atoms with Crippen molar-refractivity contribution < 1.29 is 0 Å². The van der Waals surface area contributed by atoms with E-state index in [4.69, 9.17) is 0 Å². The molecule has 0 N–H and O–H groups in total. The molecule has 4 bridgehead atoms. The molecule has 178 valence electrons. The summed E-state index contributed by atoms with van der Waals surface area (Å²) in [7, 11) is 0. The summed E-state index contributed by atoms with van der Waals surface area (Å²) in [4.78, 5) is 53.7. The monoisotopic (exact) mass is 480 g/mol. The van der Waals surface area contributed by atoms with Crippen molar-refractivity contribution in [3.8, 4) is 11.4 Å². The molecule has 0 fully saturated rings. The molecule has 2 aromatic carbocycles. The molecule has 36 heavy (non-hydrogen) atoms. The van der Waals surface area contributed by atoms with E-state index < -0.39 is 0 Å². The molecule has 0 amide bonds. The van der Waals surface area contributed by atoms with E-state index in [1.54, 1.807) is 67.3 Å². The number of rotatable bonds is 3.